The molecule has 3 nitrogen and oxygen atoms in total. The van der Waals surface area contributed by atoms with Crippen molar-refractivity contribution in [1.82, 2.24) is 5.32 Å². The molecular formula is C7H15NO2. The molecule has 0 radical (unpaired) electrons. The molecule has 0 aromatic rings. The summed E-state index contributed by atoms with van der Waals surface area (Å²) in [7, 11) is 1.62. The van der Waals surface area contributed by atoms with E-state index in [4.69, 9.17) is 4.74 Å². The lowest BCUT2D eigenvalue weighted by molar-refractivity contribution is -0.119. The van der Waals surface area contributed by atoms with Gasteiger partial charge in [0.25, 0.3) is 0 Å². The Bertz CT molecular complexity index is 104. The van der Waals surface area contributed by atoms with Crippen LogP contribution in [0.3, 0.4) is 0 Å². The number of amides is 1. The molecule has 10 heavy (non-hydrogen) atoms. The van der Waals surface area contributed by atoms with E-state index in [2.05, 4.69) is 5.32 Å². The fourth-order valence-corrected chi connectivity index (χ4v) is 0.745. The molecule has 60 valence electrons. The Morgan fingerprint density at radius 2 is 2.20 bits per heavy atom. The first-order valence-corrected chi connectivity index (χ1v) is 3.62. The van der Waals surface area contributed by atoms with Crippen LogP contribution in [0, 0.1) is 0 Å². The second kappa shape index (κ2) is 5.23. The van der Waals surface area contributed by atoms with E-state index >= 15 is 0 Å². The Balaban J connectivity index is 0.000000371. The predicted octanol–water partition coefficient (Wildman–Crippen LogP) is 0.547. The van der Waals surface area contributed by atoms with Gasteiger partial charge in [-0.15, -0.1) is 0 Å². The van der Waals surface area contributed by atoms with Gasteiger partial charge in [0, 0.05) is 13.7 Å². The summed E-state index contributed by atoms with van der Waals surface area (Å²) >= 11 is 0. The van der Waals surface area contributed by atoms with Gasteiger partial charge in [-0.3, -0.25) is 4.79 Å². The number of hydrogen-bond donors (Lipinski definition) is 1. The SMILES string of the molecule is CC.COC1CNC(=O)C1. The van der Waals surface area contributed by atoms with Crippen molar-refractivity contribution in [2.24, 2.45) is 0 Å². The molecule has 1 fully saturated rings. The van der Waals surface area contributed by atoms with Gasteiger partial charge in [-0.2, -0.15) is 0 Å². The standard InChI is InChI=1S/C5H9NO2.C2H6/c1-8-4-2-5(7)6-3-4;1-2/h4H,2-3H2,1H3,(H,6,7);1-2H3. The minimum atomic E-state index is 0.0943. The minimum Gasteiger partial charge on any atom is -0.379 e. The number of carbonyl (C=O) groups excluding carboxylic acids is 1. The number of ether oxygens (including phenoxy) is 1. The molecule has 1 aliphatic rings. The van der Waals surface area contributed by atoms with Crippen molar-refractivity contribution in [2.45, 2.75) is 26.4 Å². The quantitative estimate of drug-likeness (QED) is 0.585. The van der Waals surface area contributed by atoms with Crippen LogP contribution in [0.2, 0.25) is 0 Å². The Hall–Kier alpha value is -0.570. The molecule has 0 aliphatic carbocycles. The zero-order chi connectivity index (χ0) is 7.98. The Kier molecular flexibility index (Phi) is 4.94. The summed E-state index contributed by atoms with van der Waals surface area (Å²) in [6.45, 7) is 4.68. The Morgan fingerprint density at radius 1 is 1.60 bits per heavy atom. The third kappa shape index (κ3) is 2.82. The summed E-state index contributed by atoms with van der Waals surface area (Å²) in [6.07, 6.45) is 0.638. The molecule has 3 heteroatoms. The van der Waals surface area contributed by atoms with Gasteiger partial charge in [-0.25, -0.2) is 0 Å². The van der Waals surface area contributed by atoms with Gasteiger partial charge in [-0.05, 0) is 0 Å². The highest BCUT2D eigenvalue weighted by Crippen LogP contribution is 2.01. The van der Waals surface area contributed by atoms with Crippen LogP contribution < -0.4 is 5.32 Å². The third-order valence-corrected chi connectivity index (χ3v) is 1.27. The molecule has 1 rings (SSSR count). The summed E-state index contributed by atoms with van der Waals surface area (Å²) < 4.78 is 4.90. The number of rotatable bonds is 1. The van der Waals surface area contributed by atoms with Gasteiger partial charge in [0.05, 0.1) is 12.5 Å². The molecule has 1 aliphatic heterocycles. The lowest BCUT2D eigenvalue weighted by Crippen LogP contribution is -2.16. The van der Waals surface area contributed by atoms with Gasteiger partial charge in [0.1, 0.15) is 0 Å². The molecule has 0 bridgehead atoms. The average molecular weight is 145 g/mol. The predicted molar refractivity (Wildman–Crippen MR) is 39.8 cm³/mol. The van der Waals surface area contributed by atoms with Gasteiger partial charge in [-0.1, -0.05) is 13.8 Å². The highest BCUT2D eigenvalue weighted by Gasteiger charge is 2.19. The van der Waals surface area contributed by atoms with Crippen molar-refractivity contribution in [3.63, 3.8) is 0 Å². The molecule has 0 spiro atoms. The number of carbonyl (C=O) groups is 1. The average Bonchev–Trinajstić information content (AvgIpc) is 2.40. The smallest absolute Gasteiger partial charge is 0.222 e. The number of nitrogens with one attached hydrogen (secondary N) is 1. The van der Waals surface area contributed by atoms with Gasteiger partial charge >= 0.3 is 0 Å². The van der Waals surface area contributed by atoms with E-state index in [0.29, 0.717) is 13.0 Å². The van der Waals surface area contributed by atoms with Crippen molar-refractivity contribution >= 4 is 5.91 Å². The van der Waals surface area contributed by atoms with E-state index in [-0.39, 0.29) is 12.0 Å². The van der Waals surface area contributed by atoms with E-state index in [1.165, 1.54) is 0 Å². The molecule has 0 aromatic heterocycles. The molecule has 1 saturated heterocycles. The van der Waals surface area contributed by atoms with E-state index in [1.54, 1.807) is 7.11 Å². The van der Waals surface area contributed by atoms with Gasteiger partial charge in [0.15, 0.2) is 0 Å². The maximum atomic E-state index is 10.4. The molecule has 1 heterocycles. The largest absolute Gasteiger partial charge is 0.379 e. The Morgan fingerprint density at radius 3 is 2.40 bits per heavy atom. The molecular weight excluding hydrogens is 130 g/mol. The first kappa shape index (κ1) is 9.43. The minimum absolute atomic E-state index is 0.0943. The molecule has 1 N–H and O–H groups in total. The molecule has 1 atom stereocenters. The van der Waals surface area contributed by atoms with Crippen molar-refractivity contribution in [1.29, 1.82) is 0 Å². The van der Waals surface area contributed by atoms with Crippen LogP contribution in [-0.4, -0.2) is 25.7 Å². The first-order chi connectivity index (χ1) is 4.83. The van der Waals surface area contributed by atoms with E-state index in [1.807, 2.05) is 13.8 Å². The van der Waals surface area contributed by atoms with Crippen LogP contribution in [0.5, 0.6) is 0 Å². The van der Waals surface area contributed by atoms with E-state index in [0.717, 1.165) is 0 Å². The van der Waals surface area contributed by atoms with E-state index < -0.39 is 0 Å². The monoisotopic (exact) mass is 145 g/mol. The van der Waals surface area contributed by atoms with Crippen LogP contribution in [0.15, 0.2) is 0 Å². The number of hydrogen-bond acceptors (Lipinski definition) is 2. The topological polar surface area (TPSA) is 38.3 Å². The van der Waals surface area contributed by atoms with Gasteiger partial charge < -0.3 is 10.1 Å². The van der Waals surface area contributed by atoms with Crippen LogP contribution >= 0.6 is 0 Å². The van der Waals surface area contributed by atoms with Crippen molar-refractivity contribution < 1.29 is 9.53 Å². The zero-order valence-electron chi connectivity index (χ0n) is 6.81. The first-order valence-electron chi connectivity index (χ1n) is 3.62. The normalized spacial score (nSPS) is 23.1. The fraction of sp³-hybridized carbons (Fsp3) is 0.857. The lowest BCUT2D eigenvalue weighted by atomic mass is 10.3. The lowest BCUT2D eigenvalue weighted by Gasteiger charge is -2.00. The van der Waals surface area contributed by atoms with Crippen molar-refractivity contribution in [3.05, 3.63) is 0 Å². The van der Waals surface area contributed by atoms with E-state index in [9.17, 15) is 4.79 Å². The van der Waals surface area contributed by atoms with Crippen LogP contribution in [0.1, 0.15) is 20.3 Å². The number of methoxy groups -OCH3 is 1. The molecule has 0 saturated carbocycles. The van der Waals surface area contributed by atoms with Crippen molar-refractivity contribution in [2.75, 3.05) is 13.7 Å². The van der Waals surface area contributed by atoms with Gasteiger partial charge in [0.2, 0.25) is 5.91 Å². The summed E-state index contributed by atoms with van der Waals surface area (Å²) in [5, 5.41) is 2.66. The maximum absolute atomic E-state index is 10.4. The maximum Gasteiger partial charge on any atom is 0.222 e. The van der Waals surface area contributed by atoms with Crippen LogP contribution in [0.25, 0.3) is 0 Å². The molecule has 0 aromatic carbocycles. The highest BCUT2D eigenvalue weighted by atomic mass is 16.5. The fourth-order valence-electron chi connectivity index (χ4n) is 0.745. The summed E-state index contributed by atoms with van der Waals surface area (Å²) in [5.41, 5.74) is 0. The zero-order valence-corrected chi connectivity index (χ0v) is 6.81. The summed E-state index contributed by atoms with van der Waals surface area (Å²) in [4.78, 5) is 10.4. The third-order valence-electron chi connectivity index (χ3n) is 1.27. The van der Waals surface area contributed by atoms with Crippen LogP contribution in [-0.2, 0) is 9.53 Å². The molecule has 1 amide bonds. The summed E-state index contributed by atoms with van der Waals surface area (Å²) in [6, 6.07) is 0. The Labute approximate surface area is 61.8 Å². The molecule has 1 unspecified atom stereocenters. The second-order valence-electron chi connectivity index (χ2n) is 1.87. The van der Waals surface area contributed by atoms with Crippen molar-refractivity contribution in [3.8, 4) is 0 Å². The van der Waals surface area contributed by atoms with Crippen LogP contribution in [0.4, 0.5) is 0 Å². The summed E-state index contributed by atoms with van der Waals surface area (Å²) in [5.74, 6) is 0.0943. The highest BCUT2D eigenvalue weighted by molar-refractivity contribution is 5.78. The second-order valence-corrected chi connectivity index (χ2v) is 1.87.